The molecular weight excluding hydrogens is 264 g/mol. The highest BCUT2D eigenvalue weighted by Gasteiger charge is 2.06. The molecule has 0 aliphatic heterocycles. The SMILES string of the molecule is CCCOc1ccc2ccccc2c1CBr. The van der Waals surface area contributed by atoms with Gasteiger partial charge >= 0.3 is 0 Å². The molecule has 0 fully saturated rings. The average molecular weight is 279 g/mol. The molecule has 0 N–H and O–H groups in total. The summed E-state index contributed by atoms with van der Waals surface area (Å²) in [6.45, 7) is 2.90. The highest BCUT2D eigenvalue weighted by molar-refractivity contribution is 9.08. The molecule has 0 saturated heterocycles. The zero-order chi connectivity index (χ0) is 11.4. The number of halogens is 1. The van der Waals surface area contributed by atoms with Crippen molar-refractivity contribution in [1.82, 2.24) is 0 Å². The maximum absolute atomic E-state index is 5.76. The summed E-state index contributed by atoms with van der Waals surface area (Å²) in [6, 6.07) is 12.6. The van der Waals surface area contributed by atoms with Crippen molar-refractivity contribution in [3.63, 3.8) is 0 Å². The number of hydrogen-bond acceptors (Lipinski definition) is 1. The van der Waals surface area contributed by atoms with Gasteiger partial charge in [0.05, 0.1) is 6.61 Å². The van der Waals surface area contributed by atoms with Gasteiger partial charge < -0.3 is 4.74 Å². The van der Waals surface area contributed by atoms with Crippen LogP contribution in [0, 0.1) is 0 Å². The van der Waals surface area contributed by atoms with E-state index in [1.165, 1.54) is 16.3 Å². The van der Waals surface area contributed by atoms with Crippen molar-refractivity contribution >= 4 is 26.7 Å². The third-order valence-electron chi connectivity index (χ3n) is 2.59. The molecule has 2 aromatic rings. The fraction of sp³-hybridized carbons (Fsp3) is 0.286. The van der Waals surface area contributed by atoms with Crippen LogP contribution in [0.2, 0.25) is 0 Å². The summed E-state index contributed by atoms with van der Waals surface area (Å²) in [6.07, 6.45) is 1.04. The summed E-state index contributed by atoms with van der Waals surface area (Å²) >= 11 is 3.54. The molecule has 2 heteroatoms. The first-order chi connectivity index (χ1) is 7.86. The van der Waals surface area contributed by atoms with Gasteiger partial charge in [0.15, 0.2) is 0 Å². The van der Waals surface area contributed by atoms with Gasteiger partial charge in [0.25, 0.3) is 0 Å². The lowest BCUT2D eigenvalue weighted by atomic mass is 10.0. The smallest absolute Gasteiger partial charge is 0.123 e. The van der Waals surface area contributed by atoms with E-state index in [1.807, 2.05) is 0 Å². The van der Waals surface area contributed by atoms with Crippen LogP contribution in [0.25, 0.3) is 10.8 Å². The second-order valence-electron chi connectivity index (χ2n) is 3.75. The monoisotopic (exact) mass is 278 g/mol. The molecule has 0 aromatic heterocycles. The summed E-state index contributed by atoms with van der Waals surface area (Å²) < 4.78 is 5.76. The lowest BCUT2D eigenvalue weighted by Gasteiger charge is -2.11. The van der Waals surface area contributed by atoms with Crippen molar-refractivity contribution in [1.29, 1.82) is 0 Å². The van der Waals surface area contributed by atoms with Crippen molar-refractivity contribution in [2.75, 3.05) is 6.61 Å². The Bertz CT molecular complexity index is 479. The molecule has 0 amide bonds. The van der Waals surface area contributed by atoms with Crippen molar-refractivity contribution < 1.29 is 4.74 Å². The molecule has 1 nitrogen and oxygen atoms in total. The minimum atomic E-state index is 0.776. The Morgan fingerprint density at radius 2 is 1.94 bits per heavy atom. The summed E-state index contributed by atoms with van der Waals surface area (Å²) in [5.74, 6) is 0.998. The largest absolute Gasteiger partial charge is 0.493 e. The number of hydrogen-bond donors (Lipinski definition) is 0. The van der Waals surface area contributed by atoms with Gasteiger partial charge in [0.2, 0.25) is 0 Å². The number of ether oxygens (including phenoxy) is 1. The lowest BCUT2D eigenvalue weighted by Crippen LogP contribution is -1.98. The van der Waals surface area contributed by atoms with Gasteiger partial charge in [-0.25, -0.2) is 0 Å². The molecule has 0 radical (unpaired) electrons. The second-order valence-corrected chi connectivity index (χ2v) is 4.31. The van der Waals surface area contributed by atoms with Gasteiger partial charge in [-0.05, 0) is 23.3 Å². The van der Waals surface area contributed by atoms with Crippen molar-refractivity contribution in [2.45, 2.75) is 18.7 Å². The first kappa shape index (κ1) is 11.5. The molecule has 16 heavy (non-hydrogen) atoms. The van der Waals surface area contributed by atoms with E-state index in [2.05, 4.69) is 59.3 Å². The third kappa shape index (κ3) is 2.22. The summed E-state index contributed by atoms with van der Waals surface area (Å²) in [5.41, 5.74) is 1.24. The number of alkyl halides is 1. The van der Waals surface area contributed by atoms with E-state index in [1.54, 1.807) is 0 Å². The highest BCUT2D eigenvalue weighted by Crippen LogP contribution is 2.29. The number of rotatable bonds is 4. The lowest BCUT2D eigenvalue weighted by molar-refractivity contribution is 0.315. The van der Waals surface area contributed by atoms with Gasteiger partial charge in [-0.2, -0.15) is 0 Å². The van der Waals surface area contributed by atoms with Crippen LogP contribution in [0.4, 0.5) is 0 Å². The molecule has 0 aliphatic rings. The van der Waals surface area contributed by atoms with Crippen LogP contribution in [0.1, 0.15) is 18.9 Å². The van der Waals surface area contributed by atoms with Gasteiger partial charge in [-0.3, -0.25) is 0 Å². The van der Waals surface area contributed by atoms with Crippen LogP contribution >= 0.6 is 15.9 Å². The van der Waals surface area contributed by atoms with Gasteiger partial charge in [-0.1, -0.05) is 53.2 Å². The Hall–Kier alpha value is -1.02. The first-order valence-corrected chi connectivity index (χ1v) is 6.68. The average Bonchev–Trinajstić information content (AvgIpc) is 2.35. The zero-order valence-electron chi connectivity index (χ0n) is 9.37. The Kier molecular flexibility index (Phi) is 3.83. The molecule has 0 heterocycles. The maximum Gasteiger partial charge on any atom is 0.123 e. The minimum absolute atomic E-state index is 0.776. The van der Waals surface area contributed by atoms with Crippen LogP contribution in [0.3, 0.4) is 0 Å². The molecule has 0 atom stereocenters. The normalized spacial score (nSPS) is 10.6. The topological polar surface area (TPSA) is 9.23 Å². The van der Waals surface area contributed by atoms with E-state index in [4.69, 9.17) is 4.74 Å². The molecule has 84 valence electrons. The fourth-order valence-corrected chi connectivity index (χ4v) is 2.38. The molecule has 0 aliphatic carbocycles. The van der Waals surface area contributed by atoms with Crippen LogP contribution in [0.5, 0.6) is 5.75 Å². The first-order valence-electron chi connectivity index (χ1n) is 5.56. The predicted octanol–water partition coefficient (Wildman–Crippen LogP) is 4.52. The molecule has 0 bridgehead atoms. The van der Waals surface area contributed by atoms with E-state index in [-0.39, 0.29) is 0 Å². The van der Waals surface area contributed by atoms with Crippen LogP contribution in [-0.4, -0.2) is 6.61 Å². The second kappa shape index (κ2) is 5.35. The van der Waals surface area contributed by atoms with Gasteiger partial charge in [0, 0.05) is 10.9 Å². The van der Waals surface area contributed by atoms with Crippen molar-refractivity contribution in [3.05, 3.63) is 42.0 Å². The molecular formula is C14H15BrO. The van der Waals surface area contributed by atoms with Crippen LogP contribution in [-0.2, 0) is 5.33 Å². The summed E-state index contributed by atoms with van der Waals surface area (Å²) in [7, 11) is 0. The van der Waals surface area contributed by atoms with E-state index in [0.717, 1.165) is 24.1 Å². The van der Waals surface area contributed by atoms with Gasteiger partial charge in [-0.15, -0.1) is 0 Å². The Balaban J connectivity index is 2.50. The molecule has 0 spiro atoms. The Morgan fingerprint density at radius 3 is 2.69 bits per heavy atom. The molecule has 0 saturated carbocycles. The number of benzene rings is 2. The molecule has 2 rings (SSSR count). The maximum atomic E-state index is 5.76. The quantitative estimate of drug-likeness (QED) is 0.747. The Morgan fingerprint density at radius 1 is 1.12 bits per heavy atom. The van der Waals surface area contributed by atoms with Crippen molar-refractivity contribution in [3.8, 4) is 5.75 Å². The third-order valence-corrected chi connectivity index (χ3v) is 3.15. The highest BCUT2D eigenvalue weighted by atomic mass is 79.9. The van der Waals surface area contributed by atoms with E-state index in [9.17, 15) is 0 Å². The minimum Gasteiger partial charge on any atom is -0.493 e. The zero-order valence-corrected chi connectivity index (χ0v) is 11.0. The Labute approximate surface area is 105 Å². The summed E-state index contributed by atoms with van der Waals surface area (Å²) in [4.78, 5) is 0. The molecule has 0 unspecified atom stereocenters. The van der Waals surface area contributed by atoms with Crippen LogP contribution in [0.15, 0.2) is 36.4 Å². The molecule has 2 aromatic carbocycles. The fourth-order valence-electron chi connectivity index (χ4n) is 1.80. The van der Waals surface area contributed by atoms with E-state index >= 15 is 0 Å². The van der Waals surface area contributed by atoms with Crippen LogP contribution < -0.4 is 4.74 Å². The summed E-state index contributed by atoms with van der Waals surface area (Å²) in [5, 5.41) is 3.36. The van der Waals surface area contributed by atoms with E-state index < -0.39 is 0 Å². The number of fused-ring (bicyclic) bond motifs is 1. The standard InChI is InChI=1S/C14H15BrO/c1-2-9-16-14-8-7-11-5-3-4-6-12(11)13(14)10-15/h3-8H,2,9-10H2,1H3. The van der Waals surface area contributed by atoms with Gasteiger partial charge in [0.1, 0.15) is 5.75 Å². The predicted molar refractivity (Wildman–Crippen MR) is 72.4 cm³/mol. The van der Waals surface area contributed by atoms with Crippen molar-refractivity contribution in [2.24, 2.45) is 0 Å². The van der Waals surface area contributed by atoms with E-state index in [0.29, 0.717) is 0 Å².